The van der Waals surface area contributed by atoms with Crippen LogP contribution < -0.4 is 0 Å². The maximum Gasteiger partial charge on any atom is 0.330 e. The third-order valence-corrected chi connectivity index (χ3v) is 1.64. The van der Waals surface area contributed by atoms with Crippen molar-refractivity contribution in [2.45, 2.75) is 19.8 Å². The summed E-state index contributed by atoms with van der Waals surface area (Å²) in [5.41, 5.74) is -0.0516. The summed E-state index contributed by atoms with van der Waals surface area (Å²) in [5, 5.41) is 17.0. The molecule has 2 N–H and O–H groups in total. The first kappa shape index (κ1) is 10.7. The molecule has 0 aromatic carbocycles. The average molecular weight is 172 g/mol. The van der Waals surface area contributed by atoms with Gasteiger partial charge in [-0.15, -0.1) is 0 Å². The molecule has 0 aromatic heterocycles. The molecule has 4 nitrogen and oxygen atoms in total. The highest BCUT2D eigenvalue weighted by Crippen LogP contribution is 2.14. The molecule has 0 aliphatic heterocycles. The molecule has 12 heavy (non-hydrogen) atoms. The van der Waals surface area contributed by atoms with Gasteiger partial charge >= 0.3 is 11.9 Å². The minimum Gasteiger partial charge on any atom is -0.481 e. The van der Waals surface area contributed by atoms with Crippen LogP contribution in [0, 0.1) is 5.92 Å². The van der Waals surface area contributed by atoms with Crippen LogP contribution in [-0.4, -0.2) is 22.2 Å². The van der Waals surface area contributed by atoms with E-state index in [-0.39, 0.29) is 12.0 Å². The molecule has 0 amide bonds. The fourth-order valence-corrected chi connectivity index (χ4v) is 0.791. The van der Waals surface area contributed by atoms with Gasteiger partial charge in [0, 0.05) is 5.57 Å². The van der Waals surface area contributed by atoms with Crippen molar-refractivity contribution in [3.8, 4) is 0 Å². The van der Waals surface area contributed by atoms with E-state index in [4.69, 9.17) is 10.2 Å². The van der Waals surface area contributed by atoms with Gasteiger partial charge < -0.3 is 10.2 Å². The van der Waals surface area contributed by atoms with Gasteiger partial charge in [0.2, 0.25) is 0 Å². The minimum absolute atomic E-state index is 0.0150. The highest BCUT2D eigenvalue weighted by atomic mass is 16.4. The van der Waals surface area contributed by atoms with Gasteiger partial charge in [-0.1, -0.05) is 13.5 Å². The molecule has 0 heterocycles. The van der Waals surface area contributed by atoms with Crippen molar-refractivity contribution in [1.82, 2.24) is 0 Å². The molecule has 0 aliphatic rings. The van der Waals surface area contributed by atoms with Crippen molar-refractivity contribution in [1.29, 1.82) is 0 Å². The highest BCUT2D eigenvalue weighted by Gasteiger charge is 2.18. The Bertz CT molecular complexity index is 207. The van der Waals surface area contributed by atoms with E-state index in [2.05, 4.69) is 6.58 Å². The Morgan fingerprint density at radius 3 is 2.17 bits per heavy atom. The Kier molecular flexibility index (Phi) is 4.04. The number of aliphatic carboxylic acids is 2. The second-order valence-corrected chi connectivity index (χ2v) is 2.56. The first-order valence-electron chi connectivity index (χ1n) is 3.62. The average Bonchev–Trinajstić information content (AvgIpc) is 1.98. The van der Waals surface area contributed by atoms with E-state index in [0.717, 1.165) is 0 Å². The van der Waals surface area contributed by atoms with E-state index >= 15 is 0 Å². The van der Waals surface area contributed by atoms with Crippen LogP contribution >= 0.6 is 0 Å². The van der Waals surface area contributed by atoms with E-state index in [0.29, 0.717) is 6.42 Å². The largest absolute Gasteiger partial charge is 0.481 e. The molecule has 1 atom stereocenters. The van der Waals surface area contributed by atoms with Crippen molar-refractivity contribution in [3.05, 3.63) is 12.2 Å². The predicted molar refractivity (Wildman–Crippen MR) is 42.8 cm³/mol. The normalized spacial score (nSPS) is 12.1. The zero-order valence-electron chi connectivity index (χ0n) is 6.91. The Morgan fingerprint density at radius 1 is 1.42 bits per heavy atom. The molecule has 0 radical (unpaired) electrons. The van der Waals surface area contributed by atoms with Gasteiger partial charge in [0.15, 0.2) is 0 Å². The summed E-state index contributed by atoms with van der Waals surface area (Å²) >= 11 is 0. The molecule has 0 aromatic rings. The third kappa shape index (κ3) is 3.18. The molecule has 0 fully saturated rings. The molecule has 68 valence electrons. The summed E-state index contributed by atoms with van der Waals surface area (Å²) in [5.74, 6) is -2.73. The molecule has 0 spiro atoms. The van der Waals surface area contributed by atoms with Crippen LogP contribution in [0.15, 0.2) is 12.2 Å². The second-order valence-electron chi connectivity index (χ2n) is 2.56. The zero-order valence-corrected chi connectivity index (χ0v) is 6.91. The van der Waals surface area contributed by atoms with Gasteiger partial charge in [0.1, 0.15) is 0 Å². The van der Waals surface area contributed by atoms with Crippen molar-refractivity contribution < 1.29 is 19.8 Å². The van der Waals surface area contributed by atoms with Crippen LogP contribution in [0.1, 0.15) is 19.8 Å². The maximum absolute atomic E-state index is 10.5. The van der Waals surface area contributed by atoms with Crippen LogP contribution in [0.3, 0.4) is 0 Å². The van der Waals surface area contributed by atoms with Gasteiger partial charge in [0.05, 0.1) is 5.92 Å². The quantitative estimate of drug-likeness (QED) is 0.609. The third-order valence-electron chi connectivity index (χ3n) is 1.64. The summed E-state index contributed by atoms with van der Waals surface area (Å²) in [6.45, 7) is 4.96. The van der Waals surface area contributed by atoms with Crippen molar-refractivity contribution in [3.63, 3.8) is 0 Å². The Morgan fingerprint density at radius 2 is 1.92 bits per heavy atom. The molecule has 0 rings (SSSR count). The lowest BCUT2D eigenvalue weighted by Crippen LogP contribution is -2.15. The van der Waals surface area contributed by atoms with Crippen molar-refractivity contribution in [2.75, 3.05) is 0 Å². The molecule has 1 unspecified atom stereocenters. The standard InChI is InChI=1S/C8H12O4/c1-3-6(8(11)12)4-5(2)7(9)10/h6H,2-4H2,1H3,(H,9,10)(H,11,12). The van der Waals surface area contributed by atoms with Crippen molar-refractivity contribution >= 4 is 11.9 Å². The lowest BCUT2D eigenvalue weighted by atomic mass is 9.98. The highest BCUT2D eigenvalue weighted by molar-refractivity contribution is 5.86. The van der Waals surface area contributed by atoms with Gasteiger partial charge in [-0.25, -0.2) is 4.79 Å². The van der Waals surface area contributed by atoms with E-state index in [9.17, 15) is 9.59 Å². The van der Waals surface area contributed by atoms with Crippen LogP contribution in [0.25, 0.3) is 0 Å². The Hall–Kier alpha value is -1.32. The first-order valence-corrected chi connectivity index (χ1v) is 3.62. The number of hydrogen-bond acceptors (Lipinski definition) is 2. The topological polar surface area (TPSA) is 74.6 Å². The number of hydrogen-bond donors (Lipinski definition) is 2. The molecular formula is C8H12O4. The summed E-state index contributed by atoms with van der Waals surface area (Å²) in [7, 11) is 0. The molecule has 0 saturated heterocycles. The van der Waals surface area contributed by atoms with Gasteiger partial charge in [-0.3, -0.25) is 4.79 Å². The van der Waals surface area contributed by atoms with Crippen molar-refractivity contribution in [2.24, 2.45) is 5.92 Å². The lowest BCUT2D eigenvalue weighted by Gasteiger charge is -2.08. The predicted octanol–water partition coefficient (Wildman–Crippen LogP) is 1.13. The summed E-state index contributed by atoms with van der Waals surface area (Å²) in [4.78, 5) is 20.7. The summed E-state index contributed by atoms with van der Waals surface area (Å²) in [6.07, 6.45) is 0.433. The number of carboxylic acid groups (broad SMARTS) is 2. The smallest absolute Gasteiger partial charge is 0.330 e. The Balaban J connectivity index is 4.12. The number of carboxylic acids is 2. The molecule has 0 bridgehead atoms. The lowest BCUT2D eigenvalue weighted by molar-refractivity contribution is -0.141. The molecule has 0 saturated carbocycles. The summed E-state index contributed by atoms with van der Waals surface area (Å²) in [6, 6.07) is 0. The molecular weight excluding hydrogens is 160 g/mol. The number of rotatable bonds is 5. The van der Waals surface area contributed by atoms with Crippen LogP contribution in [0.2, 0.25) is 0 Å². The maximum atomic E-state index is 10.5. The van der Waals surface area contributed by atoms with E-state index in [1.54, 1.807) is 6.92 Å². The Labute approximate surface area is 70.5 Å². The fourth-order valence-electron chi connectivity index (χ4n) is 0.791. The van der Waals surface area contributed by atoms with E-state index in [1.165, 1.54) is 0 Å². The van der Waals surface area contributed by atoms with E-state index in [1.807, 2.05) is 0 Å². The second kappa shape index (κ2) is 4.54. The first-order chi connectivity index (χ1) is 5.49. The van der Waals surface area contributed by atoms with E-state index < -0.39 is 17.9 Å². The number of carbonyl (C=O) groups is 2. The van der Waals surface area contributed by atoms with Gasteiger partial charge in [-0.2, -0.15) is 0 Å². The SMILES string of the molecule is C=C(CC(CC)C(=O)O)C(=O)O. The van der Waals surface area contributed by atoms with Crippen LogP contribution in [-0.2, 0) is 9.59 Å². The zero-order chi connectivity index (χ0) is 9.72. The summed E-state index contributed by atoms with van der Waals surface area (Å²) < 4.78 is 0. The van der Waals surface area contributed by atoms with Gasteiger partial charge in [0.25, 0.3) is 0 Å². The van der Waals surface area contributed by atoms with Crippen LogP contribution in [0.5, 0.6) is 0 Å². The minimum atomic E-state index is -1.13. The van der Waals surface area contributed by atoms with Gasteiger partial charge in [-0.05, 0) is 12.8 Å². The monoisotopic (exact) mass is 172 g/mol. The molecule has 4 heteroatoms. The molecule has 0 aliphatic carbocycles. The van der Waals surface area contributed by atoms with Crippen LogP contribution in [0.4, 0.5) is 0 Å². The fraction of sp³-hybridized carbons (Fsp3) is 0.500.